The van der Waals surface area contributed by atoms with E-state index in [0.717, 1.165) is 33.6 Å². The van der Waals surface area contributed by atoms with Crippen LogP contribution in [0.3, 0.4) is 0 Å². The van der Waals surface area contributed by atoms with E-state index in [1.807, 2.05) is 6.20 Å². The Morgan fingerprint density at radius 3 is 3.06 bits per heavy atom. The normalized spacial score (nSPS) is 28.3. The molecule has 2 saturated heterocycles. The number of nitrogens with one attached hydrogen (secondary N) is 1. The van der Waals surface area contributed by atoms with E-state index in [0.29, 0.717) is 6.04 Å². The second-order valence-corrected chi connectivity index (χ2v) is 7.01. The fourth-order valence-corrected chi connectivity index (χ4v) is 4.15. The lowest BCUT2D eigenvalue weighted by Crippen LogP contribution is -2.40. The molecule has 3 heterocycles. The SMILES string of the molecule is Brc1cnc(CN2C[C@@H]3CCCN[C@@H]3C2)c(Br)c1. The summed E-state index contributed by atoms with van der Waals surface area (Å²) < 4.78 is 2.12. The summed E-state index contributed by atoms with van der Waals surface area (Å²) in [6.07, 6.45) is 4.58. The molecule has 3 rings (SSSR count). The highest BCUT2D eigenvalue weighted by Gasteiger charge is 2.34. The highest BCUT2D eigenvalue weighted by molar-refractivity contribution is 9.11. The number of piperidine rings is 1. The number of hydrogen-bond donors (Lipinski definition) is 1. The third kappa shape index (κ3) is 2.79. The molecular weight excluding hydrogens is 358 g/mol. The Kier molecular flexibility index (Phi) is 4.03. The largest absolute Gasteiger partial charge is 0.312 e. The average molecular weight is 375 g/mol. The van der Waals surface area contributed by atoms with Crippen LogP contribution >= 0.6 is 31.9 Å². The standard InChI is InChI=1S/C13H17Br2N3/c14-10-4-11(15)13(17-5-10)8-18-6-9-2-1-3-16-12(9)7-18/h4-5,9,12,16H,1-3,6-8H2/t9-,12+/m0/s1. The van der Waals surface area contributed by atoms with E-state index in [2.05, 4.69) is 53.1 Å². The molecule has 3 nitrogen and oxygen atoms in total. The minimum Gasteiger partial charge on any atom is -0.312 e. The minimum atomic E-state index is 0.702. The minimum absolute atomic E-state index is 0.702. The van der Waals surface area contributed by atoms with Crippen LogP contribution < -0.4 is 5.32 Å². The number of pyridine rings is 1. The van der Waals surface area contributed by atoms with Crippen LogP contribution in [0.1, 0.15) is 18.5 Å². The fraction of sp³-hybridized carbons (Fsp3) is 0.615. The van der Waals surface area contributed by atoms with Gasteiger partial charge in [0.2, 0.25) is 0 Å². The second kappa shape index (κ2) is 5.57. The Bertz CT molecular complexity index is 424. The number of fused-ring (bicyclic) bond motifs is 1. The van der Waals surface area contributed by atoms with Crippen molar-refractivity contribution >= 4 is 31.9 Å². The predicted octanol–water partition coefficient (Wildman–Crippen LogP) is 2.79. The van der Waals surface area contributed by atoms with Gasteiger partial charge in [0.25, 0.3) is 0 Å². The van der Waals surface area contributed by atoms with E-state index >= 15 is 0 Å². The molecule has 5 heteroatoms. The van der Waals surface area contributed by atoms with Gasteiger partial charge in [-0.15, -0.1) is 0 Å². The molecule has 1 aromatic heterocycles. The molecule has 2 aliphatic rings. The van der Waals surface area contributed by atoms with Crippen molar-refractivity contribution in [3.8, 4) is 0 Å². The average Bonchev–Trinajstić information content (AvgIpc) is 2.75. The second-order valence-electron chi connectivity index (χ2n) is 5.24. The van der Waals surface area contributed by atoms with Crippen LogP contribution in [0.4, 0.5) is 0 Å². The molecule has 1 N–H and O–H groups in total. The molecule has 0 aliphatic carbocycles. The lowest BCUT2D eigenvalue weighted by atomic mass is 9.94. The molecule has 0 aromatic carbocycles. The van der Waals surface area contributed by atoms with Crippen LogP contribution in [0.2, 0.25) is 0 Å². The van der Waals surface area contributed by atoms with Gasteiger partial charge >= 0.3 is 0 Å². The van der Waals surface area contributed by atoms with Gasteiger partial charge in [0, 0.05) is 40.8 Å². The lowest BCUT2D eigenvalue weighted by Gasteiger charge is -2.24. The number of likely N-dealkylation sites (tertiary alicyclic amines) is 1. The zero-order valence-corrected chi connectivity index (χ0v) is 13.4. The maximum atomic E-state index is 4.50. The zero-order valence-electron chi connectivity index (χ0n) is 10.2. The quantitative estimate of drug-likeness (QED) is 0.862. The van der Waals surface area contributed by atoms with Crippen LogP contribution in [0.25, 0.3) is 0 Å². The topological polar surface area (TPSA) is 28.2 Å². The molecule has 0 amide bonds. The van der Waals surface area contributed by atoms with Gasteiger partial charge in [0.05, 0.1) is 5.69 Å². The van der Waals surface area contributed by atoms with Gasteiger partial charge in [-0.25, -0.2) is 0 Å². The Morgan fingerprint density at radius 2 is 2.28 bits per heavy atom. The van der Waals surface area contributed by atoms with Crippen molar-refractivity contribution in [2.24, 2.45) is 5.92 Å². The van der Waals surface area contributed by atoms with Gasteiger partial charge in [-0.3, -0.25) is 9.88 Å². The third-order valence-corrected chi connectivity index (χ3v) is 5.05. The van der Waals surface area contributed by atoms with E-state index in [-0.39, 0.29) is 0 Å². The molecule has 0 saturated carbocycles. The molecule has 0 radical (unpaired) electrons. The molecule has 0 bridgehead atoms. The maximum absolute atomic E-state index is 4.50. The number of rotatable bonds is 2. The summed E-state index contributed by atoms with van der Waals surface area (Å²) in [5.41, 5.74) is 1.14. The van der Waals surface area contributed by atoms with Crippen molar-refractivity contribution < 1.29 is 0 Å². The van der Waals surface area contributed by atoms with Gasteiger partial charge in [-0.05, 0) is 63.2 Å². The smallest absolute Gasteiger partial charge is 0.0686 e. The summed E-state index contributed by atoms with van der Waals surface area (Å²) in [5, 5.41) is 3.64. The van der Waals surface area contributed by atoms with Crippen molar-refractivity contribution in [1.29, 1.82) is 0 Å². The van der Waals surface area contributed by atoms with E-state index in [9.17, 15) is 0 Å². The number of aromatic nitrogens is 1. The van der Waals surface area contributed by atoms with Crippen molar-refractivity contribution in [1.82, 2.24) is 15.2 Å². The molecular formula is C13H17Br2N3. The summed E-state index contributed by atoms with van der Waals surface area (Å²) in [6.45, 7) is 4.51. The fourth-order valence-electron chi connectivity index (χ4n) is 3.04. The number of hydrogen-bond acceptors (Lipinski definition) is 3. The molecule has 2 aliphatic heterocycles. The molecule has 98 valence electrons. The first kappa shape index (κ1) is 13.0. The van der Waals surface area contributed by atoms with E-state index < -0.39 is 0 Å². The van der Waals surface area contributed by atoms with Crippen molar-refractivity contribution in [2.45, 2.75) is 25.4 Å². The van der Waals surface area contributed by atoms with Gasteiger partial charge < -0.3 is 5.32 Å². The Balaban J connectivity index is 1.66. The molecule has 2 fully saturated rings. The van der Waals surface area contributed by atoms with Crippen LogP contribution in [0, 0.1) is 5.92 Å². The van der Waals surface area contributed by atoms with E-state index in [1.165, 1.54) is 25.9 Å². The summed E-state index contributed by atoms with van der Waals surface area (Å²) in [5.74, 6) is 0.841. The van der Waals surface area contributed by atoms with Gasteiger partial charge in [0.1, 0.15) is 0 Å². The first-order valence-electron chi connectivity index (χ1n) is 6.48. The summed E-state index contributed by atoms with van der Waals surface area (Å²) in [7, 11) is 0. The van der Waals surface area contributed by atoms with Gasteiger partial charge in [0.15, 0.2) is 0 Å². The third-order valence-electron chi connectivity index (χ3n) is 3.93. The Labute approximate surface area is 125 Å². The monoisotopic (exact) mass is 373 g/mol. The van der Waals surface area contributed by atoms with E-state index in [1.54, 1.807) is 0 Å². The van der Waals surface area contributed by atoms with Gasteiger partial charge in [-0.2, -0.15) is 0 Å². The summed E-state index contributed by atoms with van der Waals surface area (Å²) in [4.78, 5) is 7.03. The van der Waals surface area contributed by atoms with Crippen LogP contribution in [0.5, 0.6) is 0 Å². The van der Waals surface area contributed by atoms with Crippen LogP contribution in [-0.4, -0.2) is 35.6 Å². The molecule has 0 unspecified atom stereocenters. The van der Waals surface area contributed by atoms with E-state index in [4.69, 9.17) is 0 Å². The number of halogens is 2. The first-order valence-corrected chi connectivity index (χ1v) is 8.06. The Morgan fingerprint density at radius 1 is 1.39 bits per heavy atom. The van der Waals surface area contributed by atoms with Crippen molar-refractivity contribution in [3.63, 3.8) is 0 Å². The first-order chi connectivity index (χ1) is 8.72. The van der Waals surface area contributed by atoms with Crippen molar-refractivity contribution in [3.05, 3.63) is 26.9 Å². The summed E-state index contributed by atoms with van der Waals surface area (Å²) in [6, 6.07) is 2.77. The zero-order chi connectivity index (χ0) is 12.5. The highest BCUT2D eigenvalue weighted by Crippen LogP contribution is 2.27. The molecule has 1 aromatic rings. The van der Waals surface area contributed by atoms with Gasteiger partial charge in [-0.1, -0.05) is 0 Å². The maximum Gasteiger partial charge on any atom is 0.0686 e. The molecule has 18 heavy (non-hydrogen) atoms. The number of nitrogens with zero attached hydrogens (tertiary/aromatic N) is 2. The molecule has 2 atom stereocenters. The highest BCUT2D eigenvalue weighted by atomic mass is 79.9. The van der Waals surface area contributed by atoms with Crippen LogP contribution in [0.15, 0.2) is 21.2 Å². The molecule has 0 spiro atoms. The van der Waals surface area contributed by atoms with Crippen LogP contribution in [-0.2, 0) is 6.54 Å². The lowest BCUT2D eigenvalue weighted by molar-refractivity contribution is 0.308. The summed E-state index contributed by atoms with van der Waals surface area (Å²) >= 11 is 7.04. The Hall–Kier alpha value is 0.0300. The predicted molar refractivity (Wildman–Crippen MR) is 79.4 cm³/mol. The van der Waals surface area contributed by atoms with Crippen molar-refractivity contribution in [2.75, 3.05) is 19.6 Å².